The van der Waals surface area contributed by atoms with Crippen molar-refractivity contribution in [2.45, 2.75) is 17.7 Å². The summed E-state index contributed by atoms with van der Waals surface area (Å²) in [4.78, 5) is 1.40. The third-order valence-corrected chi connectivity index (χ3v) is 3.42. The highest BCUT2D eigenvalue weighted by atomic mass is 35.5. The van der Waals surface area contributed by atoms with Crippen molar-refractivity contribution in [1.29, 1.82) is 0 Å². The molecule has 0 atom stereocenters. The number of alkyl halides is 1. The van der Waals surface area contributed by atoms with Crippen LogP contribution in [0, 0.1) is 0 Å². The molecule has 2 heteroatoms. The largest absolute Gasteiger partial charge is 0.147 e. The number of thiophene rings is 1. The normalized spacial score (nSPS) is 21.9. The summed E-state index contributed by atoms with van der Waals surface area (Å²) < 4.78 is 0. The van der Waals surface area contributed by atoms with Crippen molar-refractivity contribution in [3.8, 4) is 0 Å². The summed E-state index contributed by atoms with van der Waals surface area (Å²) in [6.45, 7) is 0. The van der Waals surface area contributed by atoms with Crippen LogP contribution in [0.25, 0.3) is 0 Å². The van der Waals surface area contributed by atoms with Crippen LogP contribution in [0.5, 0.6) is 0 Å². The molecule has 0 bridgehead atoms. The van der Waals surface area contributed by atoms with Gasteiger partial charge < -0.3 is 0 Å². The molecule has 0 amide bonds. The summed E-state index contributed by atoms with van der Waals surface area (Å²) >= 11 is 7.88. The standard InChI is InChI=1S/C7H7ClS/c8-7(3-4-7)6-2-1-5-9-6/h1-2,5H,3-4H2. The Morgan fingerprint density at radius 1 is 1.56 bits per heavy atom. The molecule has 0 radical (unpaired) electrons. The molecule has 0 N–H and O–H groups in total. The van der Waals surface area contributed by atoms with Gasteiger partial charge in [-0.2, -0.15) is 0 Å². The Kier molecular flexibility index (Phi) is 1.11. The smallest absolute Gasteiger partial charge is 0.0788 e. The molecule has 0 aliphatic heterocycles. The van der Waals surface area contributed by atoms with Gasteiger partial charge in [0.1, 0.15) is 0 Å². The van der Waals surface area contributed by atoms with E-state index in [1.54, 1.807) is 11.3 Å². The van der Waals surface area contributed by atoms with Gasteiger partial charge in [0.2, 0.25) is 0 Å². The molecule has 1 aliphatic rings. The minimum atomic E-state index is 0.0637. The molecule has 48 valence electrons. The fraction of sp³-hybridized carbons (Fsp3) is 0.429. The van der Waals surface area contributed by atoms with E-state index in [1.807, 2.05) is 0 Å². The van der Waals surface area contributed by atoms with Crippen molar-refractivity contribution in [2.24, 2.45) is 0 Å². The van der Waals surface area contributed by atoms with Crippen molar-refractivity contribution < 1.29 is 0 Å². The zero-order chi connectivity index (χ0) is 6.32. The summed E-state index contributed by atoms with van der Waals surface area (Å²) in [5.41, 5.74) is 0. The predicted octanol–water partition coefficient (Wildman–Crippen LogP) is 2.98. The molecule has 1 aromatic heterocycles. The zero-order valence-electron chi connectivity index (χ0n) is 4.93. The van der Waals surface area contributed by atoms with E-state index in [1.165, 1.54) is 4.88 Å². The summed E-state index contributed by atoms with van der Waals surface area (Å²) in [6, 6.07) is 4.17. The number of halogens is 1. The highest BCUT2D eigenvalue weighted by Gasteiger charge is 2.42. The van der Waals surface area contributed by atoms with Crippen LogP contribution in [0.4, 0.5) is 0 Å². The van der Waals surface area contributed by atoms with Crippen LogP contribution in [-0.4, -0.2) is 0 Å². The van der Waals surface area contributed by atoms with Gasteiger partial charge in [0.05, 0.1) is 4.87 Å². The van der Waals surface area contributed by atoms with Crippen LogP contribution in [0.1, 0.15) is 17.7 Å². The van der Waals surface area contributed by atoms with Crippen molar-refractivity contribution in [1.82, 2.24) is 0 Å². The molecule has 0 spiro atoms. The van der Waals surface area contributed by atoms with Gasteiger partial charge in [-0.1, -0.05) is 6.07 Å². The van der Waals surface area contributed by atoms with Gasteiger partial charge in [-0.05, 0) is 24.3 Å². The van der Waals surface area contributed by atoms with Crippen LogP contribution in [0.15, 0.2) is 17.5 Å². The quantitative estimate of drug-likeness (QED) is 0.552. The van der Waals surface area contributed by atoms with Gasteiger partial charge in [0.15, 0.2) is 0 Å². The van der Waals surface area contributed by atoms with E-state index in [0.29, 0.717) is 0 Å². The first-order valence-corrected chi connectivity index (χ1v) is 4.30. The predicted molar refractivity (Wildman–Crippen MR) is 41.1 cm³/mol. The lowest BCUT2D eigenvalue weighted by Crippen LogP contribution is -1.88. The van der Waals surface area contributed by atoms with Crippen LogP contribution in [0.2, 0.25) is 0 Å². The molecule has 0 saturated heterocycles. The number of rotatable bonds is 1. The highest BCUT2D eigenvalue weighted by Crippen LogP contribution is 2.53. The summed E-state index contributed by atoms with van der Waals surface area (Å²) in [5.74, 6) is 0. The maximum atomic E-state index is 6.12. The van der Waals surface area contributed by atoms with Crippen LogP contribution in [0.3, 0.4) is 0 Å². The monoisotopic (exact) mass is 158 g/mol. The lowest BCUT2D eigenvalue weighted by molar-refractivity contribution is 1.05. The molecule has 2 rings (SSSR count). The molecule has 0 unspecified atom stereocenters. The highest BCUT2D eigenvalue weighted by molar-refractivity contribution is 7.10. The van der Waals surface area contributed by atoms with E-state index >= 15 is 0 Å². The lowest BCUT2D eigenvalue weighted by Gasteiger charge is -1.98. The molecule has 1 aromatic rings. The second-order valence-electron chi connectivity index (χ2n) is 2.44. The summed E-state index contributed by atoms with van der Waals surface area (Å²) in [7, 11) is 0. The Bertz CT molecular complexity index is 199. The van der Waals surface area contributed by atoms with Crippen molar-refractivity contribution in [3.63, 3.8) is 0 Å². The Morgan fingerprint density at radius 2 is 2.33 bits per heavy atom. The van der Waals surface area contributed by atoms with E-state index in [-0.39, 0.29) is 4.87 Å². The second kappa shape index (κ2) is 1.74. The zero-order valence-corrected chi connectivity index (χ0v) is 6.50. The number of hydrogen-bond donors (Lipinski definition) is 0. The SMILES string of the molecule is ClC1(c2cccs2)CC1. The molecule has 1 aliphatic carbocycles. The average Bonchev–Trinajstić information content (AvgIpc) is 2.46. The van der Waals surface area contributed by atoms with Gasteiger partial charge in [-0.25, -0.2) is 0 Å². The summed E-state index contributed by atoms with van der Waals surface area (Å²) in [6.07, 6.45) is 2.32. The van der Waals surface area contributed by atoms with E-state index in [9.17, 15) is 0 Å². The Balaban J connectivity index is 2.34. The fourth-order valence-electron chi connectivity index (χ4n) is 0.890. The Labute approximate surface area is 63.5 Å². The molecule has 1 heterocycles. The minimum Gasteiger partial charge on any atom is -0.147 e. The molecular weight excluding hydrogens is 152 g/mol. The first-order chi connectivity index (χ1) is 4.31. The van der Waals surface area contributed by atoms with Crippen LogP contribution >= 0.6 is 22.9 Å². The lowest BCUT2D eigenvalue weighted by atomic mass is 10.3. The van der Waals surface area contributed by atoms with Crippen molar-refractivity contribution in [3.05, 3.63) is 22.4 Å². The first kappa shape index (κ1) is 5.75. The van der Waals surface area contributed by atoms with E-state index in [2.05, 4.69) is 17.5 Å². The summed E-state index contributed by atoms with van der Waals surface area (Å²) in [5, 5.41) is 2.08. The second-order valence-corrected chi connectivity index (χ2v) is 4.11. The Hall–Kier alpha value is -0.0100. The molecule has 9 heavy (non-hydrogen) atoms. The minimum absolute atomic E-state index is 0.0637. The van der Waals surface area contributed by atoms with Gasteiger partial charge in [-0.15, -0.1) is 22.9 Å². The third-order valence-electron chi connectivity index (χ3n) is 1.65. The average molecular weight is 159 g/mol. The van der Waals surface area contributed by atoms with Crippen molar-refractivity contribution >= 4 is 22.9 Å². The molecule has 1 fully saturated rings. The fourth-order valence-corrected chi connectivity index (χ4v) is 2.06. The first-order valence-electron chi connectivity index (χ1n) is 3.04. The molecular formula is C7H7ClS. The molecule has 0 nitrogen and oxygen atoms in total. The maximum absolute atomic E-state index is 6.12. The van der Waals surface area contributed by atoms with E-state index in [0.717, 1.165) is 12.8 Å². The topological polar surface area (TPSA) is 0 Å². The van der Waals surface area contributed by atoms with Gasteiger partial charge >= 0.3 is 0 Å². The Morgan fingerprint density at radius 3 is 2.78 bits per heavy atom. The maximum Gasteiger partial charge on any atom is 0.0788 e. The van der Waals surface area contributed by atoms with Gasteiger partial charge in [0.25, 0.3) is 0 Å². The van der Waals surface area contributed by atoms with Crippen molar-refractivity contribution in [2.75, 3.05) is 0 Å². The van der Waals surface area contributed by atoms with Crippen LogP contribution in [-0.2, 0) is 4.87 Å². The van der Waals surface area contributed by atoms with E-state index < -0.39 is 0 Å². The third kappa shape index (κ3) is 0.886. The van der Waals surface area contributed by atoms with Crippen LogP contribution < -0.4 is 0 Å². The van der Waals surface area contributed by atoms with Gasteiger partial charge in [-0.3, -0.25) is 0 Å². The molecule has 0 aromatic carbocycles. The van der Waals surface area contributed by atoms with Gasteiger partial charge in [0, 0.05) is 4.88 Å². The molecule has 1 saturated carbocycles. The number of hydrogen-bond acceptors (Lipinski definition) is 1. The van der Waals surface area contributed by atoms with E-state index in [4.69, 9.17) is 11.6 Å².